The van der Waals surface area contributed by atoms with E-state index in [2.05, 4.69) is 4.72 Å². The van der Waals surface area contributed by atoms with Crippen molar-refractivity contribution in [1.29, 1.82) is 0 Å². The minimum Gasteiger partial charge on any atom is -0.278 e. The Morgan fingerprint density at radius 3 is 2.38 bits per heavy atom. The Morgan fingerprint density at radius 1 is 1.10 bits per heavy atom. The summed E-state index contributed by atoms with van der Waals surface area (Å²) in [5.41, 5.74) is -0.187. The van der Waals surface area contributed by atoms with E-state index in [1.165, 1.54) is 24.3 Å². The second-order valence-corrected chi connectivity index (χ2v) is 6.51. The van der Waals surface area contributed by atoms with Gasteiger partial charge in [0.2, 0.25) is 0 Å². The van der Waals surface area contributed by atoms with Crippen LogP contribution >= 0.6 is 23.2 Å². The topological polar surface area (TPSA) is 89.3 Å². The van der Waals surface area contributed by atoms with Gasteiger partial charge in [-0.15, -0.1) is 0 Å². The molecule has 2 aromatic carbocycles. The van der Waals surface area contributed by atoms with Crippen LogP contribution in [0.3, 0.4) is 0 Å². The standard InChI is InChI=1S/C12H8Cl2N2O4S/c13-8-2-1-3-10(6-8)21(19,20)15-12-5-4-9(16(17)18)7-11(12)14/h1-7,15H. The molecule has 0 saturated heterocycles. The van der Waals surface area contributed by atoms with E-state index >= 15 is 0 Å². The molecule has 0 aliphatic carbocycles. The number of nitro groups is 1. The van der Waals surface area contributed by atoms with Gasteiger partial charge in [-0.05, 0) is 24.3 Å². The summed E-state index contributed by atoms with van der Waals surface area (Å²) >= 11 is 11.6. The highest BCUT2D eigenvalue weighted by atomic mass is 35.5. The third kappa shape index (κ3) is 3.63. The van der Waals surface area contributed by atoms with E-state index < -0.39 is 14.9 Å². The molecule has 9 heteroatoms. The molecule has 0 unspecified atom stereocenters. The molecular weight excluding hydrogens is 339 g/mol. The number of nitro benzene ring substituents is 1. The minimum absolute atomic E-state index is 0.0376. The number of anilines is 1. The number of hydrogen-bond donors (Lipinski definition) is 1. The minimum atomic E-state index is -3.88. The van der Waals surface area contributed by atoms with Crippen molar-refractivity contribution >= 4 is 44.6 Å². The van der Waals surface area contributed by atoms with E-state index in [0.717, 1.165) is 12.1 Å². The quantitative estimate of drug-likeness (QED) is 0.674. The molecule has 0 fully saturated rings. The van der Waals surface area contributed by atoms with Crippen LogP contribution in [0.1, 0.15) is 0 Å². The SMILES string of the molecule is O=[N+]([O-])c1ccc(NS(=O)(=O)c2cccc(Cl)c2)c(Cl)c1. The first-order chi connectivity index (χ1) is 9.79. The lowest BCUT2D eigenvalue weighted by atomic mass is 10.3. The third-order valence-corrected chi connectivity index (χ3v) is 4.43. The third-order valence-electron chi connectivity index (χ3n) is 2.51. The number of halogens is 2. The van der Waals surface area contributed by atoms with Crippen molar-refractivity contribution in [2.24, 2.45) is 0 Å². The maximum Gasteiger partial charge on any atom is 0.271 e. The van der Waals surface area contributed by atoms with Crippen LogP contribution in [0.5, 0.6) is 0 Å². The molecule has 0 heterocycles. The molecule has 2 aromatic rings. The molecule has 0 aromatic heterocycles. The van der Waals surface area contributed by atoms with Crippen LogP contribution in [0.25, 0.3) is 0 Å². The molecule has 21 heavy (non-hydrogen) atoms. The molecular formula is C12H8Cl2N2O4S. The molecule has 0 radical (unpaired) electrons. The van der Waals surface area contributed by atoms with Gasteiger partial charge in [-0.2, -0.15) is 0 Å². The second-order valence-electron chi connectivity index (χ2n) is 3.98. The van der Waals surface area contributed by atoms with E-state index in [0.29, 0.717) is 0 Å². The van der Waals surface area contributed by atoms with Crippen LogP contribution in [0, 0.1) is 10.1 Å². The largest absolute Gasteiger partial charge is 0.278 e. The normalized spacial score (nSPS) is 11.1. The molecule has 0 saturated carbocycles. The van der Waals surface area contributed by atoms with Crippen LogP contribution < -0.4 is 4.72 Å². The summed E-state index contributed by atoms with van der Waals surface area (Å²) in [6, 6.07) is 9.13. The summed E-state index contributed by atoms with van der Waals surface area (Å²) in [6.07, 6.45) is 0. The van der Waals surface area contributed by atoms with E-state index in [1.807, 2.05) is 0 Å². The van der Waals surface area contributed by atoms with Crippen LogP contribution in [0.4, 0.5) is 11.4 Å². The average molecular weight is 347 g/mol. The fourth-order valence-corrected chi connectivity index (χ4v) is 3.20. The number of nitrogens with zero attached hydrogens (tertiary/aromatic N) is 1. The molecule has 6 nitrogen and oxygen atoms in total. The molecule has 2 rings (SSSR count). The lowest BCUT2D eigenvalue weighted by molar-refractivity contribution is -0.384. The summed E-state index contributed by atoms with van der Waals surface area (Å²) in [6.45, 7) is 0. The summed E-state index contributed by atoms with van der Waals surface area (Å²) in [5, 5.41) is 10.8. The highest BCUT2D eigenvalue weighted by Gasteiger charge is 2.17. The summed E-state index contributed by atoms with van der Waals surface area (Å²) in [7, 11) is -3.88. The number of hydrogen-bond acceptors (Lipinski definition) is 4. The first-order valence-electron chi connectivity index (χ1n) is 5.52. The molecule has 0 aliphatic heterocycles. The van der Waals surface area contributed by atoms with Crippen molar-refractivity contribution in [2.45, 2.75) is 4.90 Å². The first kappa shape index (κ1) is 15.6. The maximum atomic E-state index is 12.2. The van der Waals surface area contributed by atoms with Crippen molar-refractivity contribution in [2.75, 3.05) is 4.72 Å². The van der Waals surface area contributed by atoms with Gasteiger partial charge in [-0.3, -0.25) is 14.8 Å². The van der Waals surface area contributed by atoms with Crippen LogP contribution in [0.2, 0.25) is 10.0 Å². The zero-order chi connectivity index (χ0) is 15.6. The lowest BCUT2D eigenvalue weighted by Crippen LogP contribution is -2.13. The summed E-state index contributed by atoms with van der Waals surface area (Å²) < 4.78 is 26.6. The van der Waals surface area contributed by atoms with Crippen LogP contribution in [-0.2, 0) is 10.0 Å². The molecule has 0 amide bonds. The Bertz CT molecular complexity index is 809. The number of non-ortho nitro benzene ring substituents is 1. The van der Waals surface area contributed by atoms with Gasteiger partial charge in [0.05, 0.1) is 20.5 Å². The smallest absolute Gasteiger partial charge is 0.271 e. The van der Waals surface area contributed by atoms with Gasteiger partial charge in [-0.25, -0.2) is 8.42 Å². The molecule has 0 aliphatic rings. The Labute approximate surface area is 130 Å². The van der Waals surface area contributed by atoms with Crippen LogP contribution in [-0.4, -0.2) is 13.3 Å². The van der Waals surface area contributed by atoms with E-state index in [-0.39, 0.29) is 26.3 Å². The van der Waals surface area contributed by atoms with Crippen molar-refractivity contribution in [3.8, 4) is 0 Å². The van der Waals surface area contributed by atoms with Gasteiger partial charge in [0.15, 0.2) is 0 Å². The van der Waals surface area contributed by atoms with Crippen molar-refractivity contribution in [3.05, 3.63) is 62.6 Å². The van der Waals surface area contributed by atoms with Gasteiger partial charge in [0.25, 0.3) is 15.7 Å². The molecule has 1 N–H and O–H groups in total. The van der Waals surface area contributed by atoms with Crippen molar-refractivity contribution in [1.82, 2.24) is 0 Å². The lowest BCUT2D eigenvalue weighted by Gasteiger charge is -2.09. The highest BCUT2D eigenvalue weighted by Crippen LogP contribution is 2.29. The van der Waals surface area contributed by atoms with E-state index in [1.54, 1.807) is 6.07 Å². The van der Waals surface area contributed by atoms with Crippen molar-refractivity contribution < 1.29 is 13.3 Å². The first-order valence-corrected chi connectivity index (χ1v) is 7.76. The van der Waals surface area contributed by atoms with Crippen molar-refractivity contribution in [3.63, 3.8) is 0 Å². The number of benzene rings is 2. The predicted octanol–water partition coefficient (Wildman–Crippen LogP) is 3.70. The van der Waals surface area contributed by atoms with Gasteiger partial charge in [0.1, 0.15) is 0 Å². The van der Waals surface area contributed by atoms with Gasteiger partial charge < -0.3 is 0 Å². The summed E-state index contributed by atoms with van der Waals surface area (Å²) in [4.78, 5) is 9.94. The van der Waals surface area contributed by atoms with Gasteiger partial charge in [0, 0.05) is 17.2 Å². The highest BCUT2D eigenvalue weighted by molar-refractivity contribution is 7.92. The molecule has 0 spiro atoms. The molecule has 110 valence electrons. The van der Waals surface area contributed by atoms with Gasteiger partial charge >= 0.3 is 0 Å². The summed E-state index contributed by atoms with van der Waals surface area (Å²) in [5.74, 6) is 0. The average Bonchev–Trinajstić information content (AvgIpc) is 2.40. The Kier molecular flexibility index (Phi) is 4.36. The Balaban J connectivity index is 2.35. The zero-order valence-electron chi connectivity index (χ0n) is 10.3. The second kappa shape index (κ2) is 5.88. The Morgan fingerprint density at radius 2 is 1.81 bits per heavy atom. The fourth-order valence-electron chi connectivity index (χ4n) is 1.54. The number of rotatable bonds is 4. The maximum absolute atomic E-state index is 12.2. The molecule has 0 atom stereocenters. The van der Waals surface area contributed by atoms with E-state index in [4.69, 9.17) is 23.2 Å². The fraction of sp³-hybridized carbons (Fsp3) is 0. The van der Waals surface area contributed by atoms with E-state index in [9.17, 15) is 18.5 Å². The monoisotopic (exact) mass is 346 g/mol. The Hall–Kier alpha value is -1.83. The molecule has 0 bridgehead atoms. The number of sulfonamides is 1. The predicted molar refractivity (Wildman–Crippen MR) is 80.4 cm³/mol. The van der Waals surface area contributed by atoms with Gasteiger partial charge in [-0.1, -0.05) is 29.3 Å². The zero-order valence-corrected chi connectivity index (χ0v) is 12.6. The van der Waals surface area contributed by atoms with Crippen LogP contribution in [0.15, 0.2) is 47.4 Å². The number of nitrogens with one attached hydrogen (secondary N) is 1.